The van der Waals surface area contributed by atoms with E-state index in [1.54, 1.807) is 0 Å². The molecule has 1 amide bonds. The molecule has 0 unspecified atom stereocenters. The molecule has 22 heavy (non-hydrogen) atoms. The van der Waals surface area contributed by atoms with Gasteiger partial charge in [-0.15, -0.1) is 11.3 Å². The molecular weight excluding hydrogens is 330 g/mol. The van der Waals surface area contributed by atoms with Crippen molar-refractivity contribution in [2.24, 2.45) is 0 Å². The Hall–Kier alpha value is -1.49. The highest BCUT2D eigenvalue weighted by atomic mass is 32.2. The van der Waals surface area contributed by atoms with Crippen LogP contribution in [0.15, 0.2) is 4.21 Å². The highest BCUT2D eigenvalue weighted by Crippen LogP contribution is 2.34. The molecule has 2 aliphatic heterocycles. The Morgan fingerprint density at radius 1 is 1.36 bits per heavy atom. The van der Waals surface area contributed by atoms with Gasteiger partial charge < -0.3 is 15.7 Å². The smallest absolute Gasteiger partial charge is 0.338 e. The molecular formula is C12H15N3O5S2. The van der Waals surface area contributed by atoms with Crippen LogP contribution in [0.5, 0.6) is 0 Å². The lowest BCUT2D eigenvalue weighted by Crippen LogP contribution is -2.40. The number of hydrogen-bond acceptors (Lipinski definition) is 6. The quantitative estimate of drug-likeness (QED) is 0.570. The van der Waals surface area contributed by atoms with Gasteiger partial charge in [0.05, 0.1) is 5.56 Å². The summed E-state index contributed by atoms with van der Waals surface area (Å²) in [4.78, 5) is 23.8. The van der Waals surface area contributed by atoms with Crippen LogP contribution in [-0.4, -0.2) is 44.5 Å². The molecule has 1 aromatic rings. The summed E-state index contributed by atoms with van der Waals surface area (Å²) >= 11 is 0.956. The third kappa shape index (κ3) is 2.62. The molecule has 3 heterocycles. The minimum atomic E-state index is -4.05. The molecule has 4 N–H and O–H groups in total. The van der Waals surface area contributed by atoms with Crippen molar-refractivity contribution in [2.45, 2.75) is 29.6 Å². The fourth-order valence-electron chi connectivity index (χ4n) is 2.66. The summed E-state index contributed by atoms with van der Waals surface area (Å²) in [5.41, 5.74) is 0.417. The van der Waals surface area contributed by atoms with Crippen molar-refractivity contribution in [3.63, 3.8) is 0 Å². The summed E-state index contributed by atoms with van der Waals surface area (Å²) in [5, 5.41) is 15.0. The number of aromatic carboxylic acids is 1. The van der Waals surface area contributed by atoms with Gasteiger partial charge in [-0.3, -0.25) is 4.79 Å². The first-order chi connectivity index (χ1) is 10.4. The van der Waals surface area contributed by atoms with E-state index in [1.807, 2.05) is 0 Å². The zero-order chi connectivity index (χ0) is 15.9. The first-order valence-electron chi connectivity index (χ1n) is 6.79. The van der Waals surface area contributed by atoms with Crippen molar-refractivity contribution in [1.82, 2.24) is 15.4 Å². The molecule has 0 aromatic carbocycles. The van der Waals surface area contributed by atoms with E-state index in [0.717, 1.165) is 16.2 Å². The maximum Gasteiger partial charge on any atom is 0.338 e. The fourth-order valence-corrected chi connectivity index (χ4v) is 5.77. The predicted octanol–water partition coefficient (Wildman–Crippen LogP) is -0.741. The van der Waals surface area contributed by atoms with E-state index in [-0.39, 0.29) is 15.7 Å². The average molecular weight is 345 g/mol. The Bertz CT molecular complexity index is 740. The van der Waals surface area contributed by atoms with E-state index >= 15 is 0 Å². The molecule has 0 bridgehead atoms. The second-order valence-electron chi connectivity index (χ2n) is 5.15. The number of rotatable bonds is 4. The summed E-state index contributed by atoms with van der Waals surface area (Å²) in [7, 11) is -4.05. The van der Waals surface area contributed by atoms with Crippen LogP contribution in [0.4, 0.5) is 0 Å². The lowest BCUT2D eigenvalue weighted by atomic mass is 10.1. The Balaban J connectivity index is 2.01. The van der Waals surface area contributed by atoms with Gasteiger partial charge in [-0.1, -0.05) is 0 Å². The van der Waals surface area contributed by atoms with E-state index in [2.05, 4.69) is 15.4 Å². The third-order valence-corrected chi connectivity index (χ3v) is 6.92. The molecule has 1 fully saturated rings. The lowest BCUT2D eigenvalue weighted by molar-refractivity contribution is -0.120. The third-order valence-electron chi connectivity index (χ3n) is 3.70. The standard InChI is InChI=1S/C12H15N3O5S2/c16-10-7(2-4-14-10)15-22(19,20)12-9(11(17)18)6-1-3-13-5-8(6)21-12/h7,13,15H,1-5H2,(H,14,16)(H,17,18)/t7-/m1/s1. The molecule has 1 aromatic heterocycles. The van der Waals surface area contributed by atoms with Gasteiger partial charge >= 0.3 is 5.97 Å². The second-order valence-corrected chi connectivity index (χ2v) is 8.17. The number of hydrogen-bond donors (Lipinski definition) is 4. The number of nitrogens with one attached hydrogen (secondary N) is 3. The van der Waals surface area contributed by atoms with E-state index < -0.39 is 22.0 Å². The van der Waals surface area contributed by atoms with Gasteiger partial charge in [-0.05, 0) is 24.9 Å². The molecule has 1 saturated heterocycles. The number of carboxylic acid groups (broad SMARTS) is 1. The Labute approximate surface area is 131 Å². The van der Waals surface area contributed by atoms with Crippen LogP contribution < -0.4 is 15.4 Å². The normalized spacial score (nSPS) is 21.5. The number of thiophene rings is 1. The molecule has 3 rings (SSSR count). The number of sulfonamides is 1. The molecule has 2 aliphatic rings. The zero-order valence-corrected chi connectivity index (χ0v) is 13.1. The second kappa shape index (κ2) is 5.61. The van der Waals surface area contributed by atoms with Crippen LogP contribution in [0.25, 0.3) is 0 Å². The summed E-state index contributed by atoms with van der Waals surface area (Å²) in [6.45, 7) is 1.48. The van der Waals surface area contributed by atoms with Crippen molar-refractivity contribution >= 4 is 33.2 Å². The lowest BCUT2D eigenvalue weighted by Gasteiger charge is -2.12. The molecule has 8 nitrogen and oxygen atoms in total. The van der Waals surface area contributed by atoms with Crippen molar-refractivity contribution in [3.05, 3.63) is 16.0 Å². The number of fused-ring (bicyclic) bond motifs is 1. The van der Waals surface area contributed by atoms with E-state index in [9.17, 15) is 23.1 Å². The Kier molecular flexibility index (Phi) is 3.93. The van der Waals surface area contributed by atoms with Crippen LogP contribution in [-0.2, 0) is 27.8 Å². The van der Waals surface area contributed by atoms with Crippen LogP contribution >= 0.6 is 11.3 Å². The van der Waals surface area contributed by atoms with E-state index in [0.29, 0.717) is 38.0 Å². The van der Waals surface area contributed by atoms with Crippen molar-refractivity contribution < 1.29 is 23.1 Å². The predicted molar refractivity (Wildman–Crippen MR) is 78.4 cm³/mol. The Morgan fingerprint density at radius 2 is 2.14 bits per heavy atom. The van der Waals surface area contributed by atoms with Crippen molar-refractivity contribution in [3.8, 4) is 0 Å². The average Bonchev–Trinajstić information content (AvgIpc) is 3.03. The van der Waals surface area contributed by atoms with Crippen LogP contribution in [0.1, 0.15) is 27.2 Å². The molecule has 0 aliphatic carbocycles. The maximum absolute atomic E-state index is 12.5. The summed E-state index contributed by atoms with van der Waals surface area (Å²) in [6, 6.07) is -0.844. The topological polar surface area (TPSA) is 125 Å². The molecule has 120 valence electrons. The van der Waals surface area contributed by atoms with Gasteiger partial charge in [-0.25, -0.2) is 13.2 Å². The van der Waals surface area contributed by atoms with Crippen LogP contribution in [0, 0.1) is 0 Å². The first kappa shape index (κ1) is 15.4. The summed E-state index contributed by atoms with van der Waals surface area (Å²) < 4.78 is 27.1. The van der Waals surface area contributed by atoms with Crippen LogP contribution in [0.2, 0.25) is 0 Å². The number of carbonyl (C=O) groups is 2. The van der Waals surface area contributed by atoms with Gasteiger partial charge in [0, 0.05) is 18.0 Å². The van der Waals surface area contributed by atoms with Crippen LogP contribution in [0.3, 0.4) is 0 Å². The van der Waals surface area contributed by atoms with Gasteiger partial charge in [0.2, 0.25) is 5.91 Å². The van der Waals surface area contributed by atoms with Crippen molar-refractivity contribution in [2.75, 3.05) is 13.1 Å². The number of carbonyl (C=O) groups excluding carboxylic acids is 1. The first-order valence-corrected chi connectivity index (χ1v) is 9.08. The fraction of sp³-hybridized carbons (Fsp3) is 0.500. The Morgan fingerprint density at radius 3 is 2.77 bits per heavy atom. The monoisotopic (exact) mass is 345 g/mol. The SMILES string of the molecule is O=C(O)c1c(S(=O)(=O)N[C@@H]2CCNC2=O)sc2c1CCNC2. The van der Waals surface area contributed by atoms with E-state index in [4.69, 9.17) is 0 Å². The molecule has 1 atom stereocenters. The summed E-state index contributed by atoms with van der Waals surface area (Å²) in [5.74, 6) is -1.64. The number of amides is 1. The zero-order valence-electron chi connectivity index (χ0n) is 11.5. The van der Waals surface area contributed by atoms with Gasteiger partial charge in [0.1, 0.15) is 10.3 Å². The largest absolute Gasteiger partial charge is 0.478 e. The highest BCUT2D eigenvalue weighted by molar-refractivity contribution is 7.91. The van der Waals surface area contributed by atoms with E-state index in [1.165, 1.54) is 0 Å². The maximum atomic E-state index is 12.5. The molecule has 10 heteroatoms. The van der Waals surface area contributed by atoms with Gasteiger partial charge in [-0.2, -0.15) is 4.72 Å². The number of carboxylic acids is 1. The molecule has 0 spiro atoms. The highest BCUT2D eigenvalue weighted by Gasteiger charge is 2.35. The van der Waals surface area contributed by atoms with Crippen molar-refractivity contribution in [1.29, 1.82) is 0 Å². The molecule has 0 radical (unpaired) electrons. The van der Waals surface area contributed by atoms with Gasteiger partial charge in [0.25, 0.3) is 10.0 Å². The summed E-state index contributed by atoms with van der Waals surface area (Å²) in [6.07, 6.45) is 0.833. The molecule has 0 saturated carbocycles. The minimum Gasteiger partial charge on any atom is -0.478 e. The minimum absolute atomic E-state index is 0.160. The van der Waals surface area contributed by atoms with Gasteiger partial charge in [0.15, 0.2) is 0 Å².